The van der Waals surface area contributed by atoms with Gasteiger partial charge in [0.2, 0.25) is 0 Å². The first-order valence-corrected chi connectivity index (χ1v) is 6.97. The summed E-state index contributed by atoms with van der Waals surface area (Å²) in [6, 6.07) is 5.53. The van der Waals surface area contributed by atoms with Gasteiger partial charge in [0.1, 0.15) is 5.75 Å². The van der Waals surface area contributed by atoms with E-state index in [0.717, 1.165) is 6.07 Å². The van der Waals surface area contributed by atoms with Gasteiger partial charge in [-0.3, -0.25) is 15.5 Å². The highest BCUT2D eigenvalue weighted by atomic mass is 19.1. The molecule has 0 radical (unpaired) electrons. The Kier molecular flexibility index (Phi) is 5.14. The number of halogens is 1. The predicted molar refractivity (Wildman–Crippen MR) is 86.8 cm³/mol. The minimum atomic E-state index is -0.884. The topological polar surface area (TPSA) is 131 Å². The molecule has 1 heterocycles. The molecule has 0 aliphatic rings. The molecule has 9 heteroatoms. The maximum atomic E-state index is 14.6. The molecule has 0 aliphatic heterocycles. The Morgan fingerprint density at radius 3 is 2.76 bits per heavy atom. The lowest BCUT2D eigenvalue weighted by Gasteiger charge is -2.15. The second-order valence-corrected chi connectivity index (χ2v) is 4.75. The second-order valence-electron chi connectivity index (χ2n) is 4.75. The number of nitrogens with zero attached hydrogens (tertiary/aromatic N) is 2. The molecule has 0 aliphatic carbocycles. The van der Waals surface area contributed by atoms with E-state index in [4.69, 9.17) is 10.1 Å². The quantitative estimate of drug-likeness (QED) is 0.491. The van der Waals surface area contributed by atoms with Crippen molar-refractivity contribution < 1.29 is 19.0 Å². The molecule has 0 saturated heterocycles. The van der Waals surface area contributed by atoms with Gasteiger partial charge in [0.15, 0.2) is 11.8 Å². The van der Waals surface area contributed by atoms with Gasteiger partial charge in [-0.1, -0.05) is 0 Å². The summed E-state index contributed by atoms with van der Waals surface area (Å²) in [5.74, 6) is -2.88. The largest absolute Gasteiger partial charge is 0.507 e. The lowest BCUT2D eigenvalue weighted by atomic mass is 9.93. The van der Waals surface area contributed by atoms with Crippen LogP contribution in [-0.2, 0) is 0 Å². The van der Waals surface area contributed by atoms with Crippen LogP contribution in [0.25, 0.3) is 11.1 Å². The number of ether oxygens (including phenoxy) is 1. The maximum Gasteiger partial charge on any atom is 0.262 e. The number of hydrogen-bond acceptors (Lipinski definition) is 6. The van der Waals surface area contributed by atoms with Crippen molar-refractivity contribution in [1.29, 1.82) is 10.7 Å². The zero-order valence-electron chi connectivity index (χ0n) is 13.3. The third-order valence-electron chi connectivity index (χ3n) is 3.34. The molecule has 4 N–H and O–H groups in total. The predicted octanol–water partition coefficient (Wildman–Crippen LogP) is 1.36. The van der Waals surface area contributed by atoms with Crippen LogP contribution in [0.1, 0.15) is 15.9 Å². The molecule has 0 atom stereocenters. The first-order chi connectivity index (χ1) is 11.9. The van der Waals surface area contributed by atoms with Gasteiger partial charge in [-0.05, 0) is 18.2 Å². The van der Waals surface area contributed by atoms with Crippen molar-refractivity contribution in [3.05, 3.63) is 41.3 Å². The number of aromatic nitrogens is 1. The molecule has 25 heavy (non-hydrogen) atoms. The van der Waals surface area contributed by atoms with E-state index >= 15 is 0 Å². The smallest absolute Gasteiger partial charge is 0.262 e. The van der Waals surface area contributed by atoms with Crippen LogP contribution >= 0.6 is 0 Å². The lowest BCUT2D eigenvalue weighted by molar-refractivity contribution is 0.0974. The van der Waals surface area contributed by atoms with Crippen molar-refractivity contribution in [1.82, 2.24) is 15.6 Å². The number of carbonyl (C=O) groups excluding carboxylic acids is 1. The highest BCUT2D eigenvalue weighted by Crippen LogP contribution is 2.36. The average molecular weight is 343 g/mol. The molecular formula is C16H14FN5O3. The van der Waals surface area contributed by atoms with Crippen molar-refractivity contribution in [3.8, 4) is 28.8 Å². The van der Waals surface area contributed by atoms with Crippen molar-refractivity contribution in [2.45, 2.75) is 0 Å². The third kappa shape index (κ3) is 3.32. The van der Waals surface area contributed by atoms with Crippen LogP contribution in [0.3, 0.4) is 0 Å². The van der Waals surface area contributed by atoms with Gasteiger partial charge in [0, 0.05) is 24.4 Å². The SMILES string of the molecule is CNC(=N)NC(=O)c1c(O)ccc(C#N)c1-c1ccnc(OC)c1F. The van der Waals surface area contributed by atoms with E-state index in [-0.39, 0.29) is 34.1 Å². The van der Waals surface area contributed by atoms with Gasteiger partial charge in [-0.2, -0.15) is 5.26 Å². The van der Waals surface area contributed by atoms with E-state index in [1.807, 2.05) is 6.07 Å². The number of phenolic OH excluding ortho intramolecular Hbond substituents is 1. The van der Waals surface area contributed by atoms with Crippen LogP contribution in [0.2, 0.25) is 0 Å². The zero-order valence-corrected chi connectivity index (χ0v) is 13.3. The molecule has 0 spiro atoms. The Bertz CT molecular complexity index is 892. The van der Waals surface area contributed by atoms with E-state index in [1.165, 1.54) is 32.5 Å². The molecule has 1 amide bonds. The van der Waals surface area contributed by atoms with Gasteiger partial charge in [0.05, 0.1) is 24.3 Å². The fraction of sp³-hybridized carbons (Fsp3) is 0.125. The molecule has 8 nitrogen and oxygen atoms in total. The molecule has 0 unspecified atom stereocenters. The van der Waals surface area contributed by atoms with Crippen LogP contribution in [0.4, 0.5) is 4.39 Å². The van der Waals surface area contributed by atoms with Crippen LogP contribution in [0.5, 0.6) is 11.6 Å². The van der Waals surface area contributed by atoms with Gasteiger partial charge >= 0.3 is 0 Å². The number of benzene rings is 1. The molecular weight excluding hydrogens is 329 g/mol. The number of rotatable bonds is 3. The minimum Gasteiger partial charge on any atom is -0.507 e. The summed E-state index contributed by atoms with van der Waals surface area (Å²) in [4.78, 5) is 16.1. The summed E-state index contributed by atoms with van der Waals surface area (Å²) in [7, 11) is 2.65. The number of amides is 1. The summed E-state index contributed by atoms with van der Waals surface area (Å²) in [6.07, 6.45) is 1.25. The highest BCUT2D eigenvalue weighted by Gasteiger charge is 2.25. The van der Waals surface area contributed by atoms with Crippen molar-refractivity contribution in [3.63, 3.8) is 0 Å². The number of phenols is 1. The van der Waals surface area contributed by atoms with Gasteiger partial charge in [-0.15, -0.1) is 0 Å². The number of carbonyl (C=O) groups is 1. The van der Waals surface area contributed by atoms with E-state index < -0.39 is 17.5 Å². The summed E-state index contributed by atoms with van der Waals surface area (Å²) in [5.41, 5.74) is -0.639. The van der Waals surface area contributed by atoms with Crippen LogP contribution < -0.4 is 15.4 Å². The van der Waals surface area contributed by atoms with Gasteiger partial charge < -0.3 is 15.2 Å². The Morgan fingerprint density at radius 1 is 1.44 bits per heavy atom. The standard InChI is InChI=1S/C16H14FN5O3/c1-20-16(19)22-14(24)12-10(23)4-3-8(7-18)11(12)9-5-6-21-15(25-2)13(9)17/h3-6,23H,1-2H3,(H3,19,20,22,24). The molecule has 0 fully saturated rings. The highest BCUT2D eigenvalue weighted by molar-refractivity contribution is 6.11. The molecule has 1 aromatic carbocycles. The molecule has 2 aromatic rings. The zero-order chi connectivity index (χ0) is 18.6. The Hall–Kier alpha value is -3.67. The van der Waals surface area contributed by atoms with Crippen LogP contribution in [0.15, 0.2) is 24.4 Å². The molecule has 1 aromatic heterocycles. The van der Waals surface area contributed by atoms with Crippen LogP contribution in [-0.4, -0.2) is 36.1 Å². The van der Waals surface area contributed by atoms with E-state index in [9.17, 15) is 19.6 Å². The normalized spacial score (nSPS) is 9.84. The number of guanidine groups is 1. The minimum absolute atomic E-state index is 0.0360. The lowest BCUT2D eigenvalue weighted by Crippen LogP contribution is -2.38. The van der Waals surface area contributed by atoms with E-state index in [1.54, 1.807) is 0 Å². The first-order valence-electron chi connectivity index (χ1n) is 6.97. The Morgan fingerprint density at radius 2 is 2.16 bits per heavy atom. The Labute approximate surface area is 142 Å². The summed E-state index contributed by atoms with van der Waals surface area (Å²) in [6.45, 7) is 0. The second kappa shape index (κ2) is 7.27. The number of nitrogens with one attached hydrogen (secondary N) is 3. The number of aromatic hydroxyl groups is 1. The van der Waals surface area contributed by atoms with Gasteiger partial charge in [-0.25, -0.2) is 9.37 Å². The van der Waals surface area contributed by atoms with Crippen molar-refractivity contribution in [2.24, 2.45) is 0 Å². The molecule has 2 rings (SSSR count). The summed E-state index contributed by atoms with van der Waals surface area (Å²) >= 11 is 0. The van der Waals surface area contributed by atoms with Crippen LogP contribution in [0, 0.1) is 22.6 Å². The van der Waals surface area contributed by atoms with E-state index in [0.29, 0.717) is 0 Å². The number of hydrogen-bond donors (Lipinski definition) is 4. The van der Waals surface area contributed by atoms with Crippen molar-refractivity contribution in [2.75, 3.05) is 14.2 Å². The van der Waals surface area contributed by atoms with Crippen molar-refractivity contribution >= 4 is 11.9 Å². The first kappa shape index (κ1) is 17.7. The van der Waals surface area contributed by atoms with Gasteiger partial charge in [0.25, 0.3) is 11.8 Å². The fourth-order valence-electron chi connectivity index (χ4n) is 2.19. The van der Waals surface area contributed by atoms with E-state index in [2.05, 4.69) is 15.6 Å². The number of nitriles is 1. The Balaban J connectivity index is 2.77. The molecule has 0 saturated carbocycles. The summed E-state index contributed by atoms with van der Waals surface area (Å²) < 4.78 is 19.4. The third-order valence-corrected chi connectivity index (χ3v) is 3.34. The maximum absolute atomic E-state index is 14.6. The summed E-state index contributed by atoms with van der Waals surface area (Å²) in [5, 5.41) is 31.5. The average Bonchev–Trinajstić information content (AvgIpc) is 2.61. The molecule has 0 bridgehead atoms. The number of methoxy groups -OCH3 is 1. The fourth-order valence-corrected chi connectivity index (χ4v) is 2.19. The molecule has 128 valence electrons. The number of pyridine rings is 1. The monoisotopic (exact) mass is 343 g/mol.